The van der Waals surface area contributed by atoms with Crippen LogP contribution in [0.5, 0.6) is 5.75 Å². The van der Waals surface area contributed by atoms with E-state index in [2.05, 4.69) is 4.98 Å². The number of benzene rings is 2. The second kappa shape index (κ2) is 11.7. The molecule has 1 N–H and O–H groups in total. The molecule has 3 aromatic rings. The molecule has 0 radical (unpaired) electrons. The maximum atomic E-state index is 13.3. The first kappa shape index (κ1) is 26.6. The number of likely N-dealkylation sites (tertiary alicyclic amines) is 1. The van der Waals surface area contributed by atoms with Crippen LogP contribution in [-0.4, -0.2) is 45.9 Å². The van der Waals surface area contributed by atoms with Gasteiger partial charge in [0.1, 0.15) is 17.6 Å². The number of aliphatic hydroxyl groups excluding tert-OH is 1. The molecule has 1 aliphatic heterocycles. The Morgan fingerprint density at radius 1 is 1.03 bits per heavy atom. The lowest BCUT2D eigenvalue weighted by Crippen LogP contribution is -2.29. The second-order valence-electron chi connectivity index (χ2n) is 9.33. The smallest absolute Gasteiger partial charge is 0.338 e. The van der Waals surface area contributed by atoms with E-state index in [4.69, 9.17) is 9.47 Å². The number of aromatic nitrogens is 1. The van der Waals surface area contributed by atoms with E-state index in [1.54, 1.807) is 79.9 Å². The zero-order valence-electron chi connectivity index (χ0n) is 21.6. The summed E-state index contributed by atoms with van der Waals surface area (Å²) in [5.74, 6) is -1.42. The molecule has 1 atom stereocenters. The summed E-state index contributed by atoms with van der Waals surface area (Å²) in [6.45, 7) is 6.63. The first-order valence-electron chi connectivity index (χ1n) is 12.5. The standard InChI is InChI=1S/C30H30N2O6/c1-4-37-30(36)21-13-11-20(12-14-21)17-32-26(24-10-5-6-15-31-24)25(28(34)29(32)35)27(33)22-8-7-9-23(16-22)38-18-19(2)3/h5-16,19,26,33H,4,17-18H2,1-3H3/b27-25+. The van der Waals surface area contributed by atoms with E-state index in [0.29, 0.717) is 40.7 Å². The molecule has 0 bridgehead atoms. The number of ether oxygens (including phenoxy) is 2. The van der Waals surface area contributed by atoms with Gasteiger partial charge in [0.2, 0.25) is 0 Å². The number of amides is 1. The number of ketones is 1. The minimum absolute atomic E-state index is 0.0437. The first-order chi connectivity index (χ1) is 18.3. The molecule has 1 saturated heterocycles. The van der Waals surface area contributed by atoms with Crippen molar-refractivity contribution >= 4 is 23.4 Å². The molecule has 4 rings (SSSR count). The number of carbonyl (C=O) groups excluding carboxylic acids is 3. The summed E-state index contributed by atoms with van der Waals surface area (Å²) >= 11 is 0. The van der Waals surface area contributed by atoms with Gasteiger partial charge in [-0.1, -0.05) is 44.2 Å². The summed E-state index contributed by atoms with van der Waals surface area (Å²) in [5.41, 5.74) is 1.86. The highest BCUT2D eigenvalue weighted by Crippen LogP contribution is 2.39. The van der Waals surface area contributed by atoms with Crippen LogP contribution in [0.2, 0.25) is 0 Å². The molecule has 0 aliphatic carbocycles. The molecular weight excluding hydrogens is 484 g/mol. The van der Waals surface area contributed by atoms with Crippen LogP contribution in [0, 0.1) is 5.92 Å². The fourth-order valence-electron chi connectivity index (χ4n) is 4.20. The van der Waals surface area contributed by atoms with Crippen molar-refractivity contribution in [3.05, 3.63) is 101 Å². The van der Waals surface area contributed by atoms with Crippen molar-refractivity contribution in [3.63, 3.8) is 0 Å². The van der Waals surface area contributed by atoms with Crippen LogP contribution in [-0.2, 0) is 20.9 Å². The molecule has 196 valence electrons. The van der Waals surface area contributed by atoms with Crippen molar-refractivity contribution in [1.82, 2.24) is 9.88 Å². The lowest BCUT2D eigenvalue weighted by Gasteiger charge is -2.24. The molecule has 1 unspecified atom stereocenters. The largest absolute Gasteiger partial charge is 0.507 e. The number of pyridine rings is 1. The summed E-state index contributed by atoms with van der Waals surface area (Å²) in [4.78, 5) is 44.3. The molecule has 8 nitrogen and oxygen atoms in total. The van der Waals surface area contributed by atoms with Crippen LogP contribution in [0.15, 0.2) is 78.5 Å². The predicted molar refractivity (Wildman–Crippen MR) is 141 cm³/mol. The Balaban J connectivity index is 1.72. The molecule has 8 heteroatoms. The Hall–Kier alpha value is -4.46. The highest BCUT2D eigenvalue weighted by atomic mass is 16.5. The third kappa shape index (κ3) is 5.75. The number of Topliss-reactive ketones (excluding diaryl/α,β-unsaturated/α-hetero) is 1. The highest BCUT2D eigenvalue weighted by molar-refractivity contribution is 6.46. The molecular formula is C30H30N2O6. The minimum atomic E-state index is -0.902. The van der Waals surface area contributed by atoms with Crippen molar-refractivity contribution < 1.29 is 29.0 Å². The second-order valence-corrected chi connectivity index (χ2v) is 9.33. The maximum Gasteiger partial charge on any atom is 0.338 e. The van der Waals surface area contributed by atoms with Gasteiger partial charge in [-0.05, 0) is 54.8 Å². The molecule has 2 aromatic carbocycles. The summed E-state index contributed by atoms with van der Waals surface area (Å²) in [6, 6.07) is 17.7. The van der Waals surface area contributed by atoms with E-state index in [0.717, 1.165) is 0 Å². The van der Waals surface area contributed by atoms with E-state index >= 15 is 0 Å². The summed E-state index contributed by atoms with van der Waals surface area (Å²) in [7, 11) is 0. The van der Waals surface area contributed by atoms with E-state index < -0.39 is 23.7 Å². The van der Waals surface area contributed by atoms with Gasteiger partial charge in [-0.15, -0.1) is 0 Å². The SMILES string of the molecule is CCOC(=O)c1ccc(CN2C(=O)C(=O)/C(=C(/O)c3cccc(OCC(C)C)c3)C2c2ccccn2)cc1. The average Bonchev–Trinajstić information content (AvgIpc) is 3.17. The number of aliphatic hydroxyl groups is 1. The van der Waals surface area contributed by atoms with E-state index in [9.17, 15) is 19.5 Å². The van der Waals surface area contributed by atoms with Crippen molar-refractivity contribution in [2.45, 2.75) is 33.4 Å². The van der Waals surface area contributed by atoms with Crippen molar-refractivity contribution in [2.75, 3.05) is 13.2 Å². The molecule has 1 amide bonds. The fourth-order valence-corrected chi connectivity index (χ4v) is 4.20. The van der Waals surface area contributed by atoms with Gasteiger partial charge in [-0.25, -0.2) is 4.79 Å². The van der Waals surface area contributed by atoms with Crippen LogP contribution in [0.1, 0.15) is 54.0 Å². The summed E-state index contributed by atoms with van der Waals surface area (Å²) < 4.78 is 10.8. The quantitative estimate of drug-likeness (QED) is 0.187. The number of nitrogens with zero attached hydrogens (tertiary/aromatic N) is 2. The van der Waals surface area contributed by atoms with Crippen molar-refractivity contribution in [3.8, 4) is 5.75 Å². The predicted octanol–water partition coefficient (Wildman–Crippen LogP) is 4.92. The molecule has 0 spiro atoms. The Bertz CT molecular complexity index is 1350. The number of carbonyl (C=O) groups is 3. The van der Waals surface area contributed by atoms with Gasteiger partial charge in [-0.3, -0.25) is 14.6 Å². The molecule has 38 heavy (non-hydrogen) atoms. The fraction of sp³-hybridized carbons (Fsp3) is 0.267. The van der Waals surface area contributed by atoms with Crippen LogP contribution in [0.3, 0.4) is 0 Å². The van der Waals surface area contributed by atoms with E-state index in [1.165, 1.54) is 4.90 Å². The van der Waals surface area contributed by atoms with E-state index in [-0.39, 0.29) is 24.5 Å². The number of hydrogen-bond donors (Lipinski definition) is 1. The van der Waals surface area contributed by atoms with Crippen molar-refractivity contribution in [2.24, 2.45) is 5.92 Å². The monoisotopic (exact) mass is 514 g/mol. The highest BCUT2D eigenvalue weighted by Gasteiger charge is 2.46. The van der Waals surface area contributed by atoms with Crippen LogP contribution in [0.4, 0.5) is 0 Å². The first-order valence-corrected chi connectivity index (χ1v) is 12.5. The Labute approximate surface area is 221 Å². The third-order valence-corrected chi connectivity index (χ3v) is 6.02. The maximum absolute atomic E-state index is 13.3. The third-order valence-electron chi connectivity index (χ3n) is 6.02. The number of esters is 1. The summed E-state index contributed by atoms with van der Waals surface area (Å²) in [6.07, 6.45) is 1.57. The Morgan fingerprint density at radius 2 is 1.79 bits per heavy atom. The van der Waals surface area contributed by atoms with Gasteiger partial charge in [0, 0.05) is 18.3 Å². The zero-order valence-corrected chi connectivity index (χ0v) is 21.6. The number of hydrogen-bond acceptors (Lipinski definition) is 7. The molecule has 1 aliphatic rings. The van der Waals surface area contributed by atoms with Crippen LogP contribution >= 0.6 is 0 Å². The van der Waals surface area contributed by atoms with Crippen LogP contribution < -0.4 is 4.74 Å². The topological polar surface area (TPSA) is 106 Å². The van der Waals surface area contributed by atoms with Gasteiger partial charge in [-0.2, -0.15) is 0 Å². The van der Waals surface area contributed by atoms with Gasteiger partial charge in [0.05, 0.1) is 30.0 Å². The van der Waals surface area contributed by atoms with Gasteiger partial charge >= 0.3 is 5.97 Å². The normalized spacial score (nSPS) is 16.6. The lowest BCUT2D eigenvalue weighted by molar-refractivity contribution is -0.140. The Morgan fingerprint density at radius 3 is 2.45 bits per heavy atom. The van der Waals surface area contributed by atoms with Crippen LogP contribution in [0.25, 0.3) is 5.76 Å². The minimum Gasteiger partial charge on any atom is -0.507 e. The summed E-state index contributed by atoms with van der Waals surface area (Å²) in [5, 5.41) is 11.3. The lowest BCUT2D eigenvalue weighted by atomic mass is 9.98. The zero-order chi connectivity index (χ0) is 27.2. The average molecular weight is 515 g/mol. The van der Waals surface area contributed by atoms with Gasteiger partial charge < -0.3 is 19.5 Å². The van der Waals surface area contributed by atoms with Gasteiger partial charge in [0.25, 0.3) is 11.7 Å². The molecule has 0 saturated carbocycles. The Kier molecular flexibility index (Phi) is 8.21. The van der Waals surface area contributed by atoms with Gasteiger partial charge in [0.15, 0.2) is 0 Å². The molecule has 1 fully saturated rings. The van der Waals surface area contributed by atoms with Crippen molar-refractivity contribution in [1.29, 1.82) is 0 Å². The number of rotatable bonds is 9. The molecule has 2 heterocycles. The molecule has 1 aromatic heterocycles. The van der Waals surface area contributed by atoms with E-state index in [1.807, 2.05) is 13.8 Å².